The average Bonchev–Trinajstić information content (AvgIpc) is 2.71. The Morgan fingerprint density at radius 1 is 1.40 bits per heavy atom. The maximum atomic E-state index is 12.1. The lowest BCUT2D eigenvalue weighted by Gasteiger charge is -2.25. The molecular formula is C15H20BrN3O. The van der Waals surface area contributed by atoms with E-state index in [4.69, 9.17) is 0 Å². The highest BCUT2D eigenvalue weighted by Crippen LogP contribution is 2.20. The fourth-order valence-corrected chi connectivity index (χ4v) is 2.71. The number of pyridine rings is 1. The van der Waals surface area contributed by atoms with Gasteiger partial charge >= 0.3 is 0 Å². The van der Waals surface area contributed by atoms with Crippen molar-refractivity contribution in [1.82, 2.24) is 14.3 Å². The molecule has 0 saturated heterocycles. The van der Waals surface area contributed by atoms with Crippen LogP contribution in [0, 0.1) is 5.41 Å². The first-order valence-electron chi connectivity index (χ1n) is 6.68. The third kappa shape index (κ3) is 3.03. The van der Waals surface area contributed by atoms with Crippen molar-refractivity contribution in [2.75, 3.05) is 13.6 Å². The first-order chi connectivity index (χ1) is 9.30. The molecule has 0 fully saturated rings. The van der Waals surface area contributed by atoms with Gasteiger partial charge in [0, 0.05) is 31.6 Å². The highest BCUT2D eigenvalue weighted by atomic mass is 79.9. The molecule has 0 aliphatic rings. The first kappa shape index (κ1) is 15.0. The second-order valence-electron chi connectivity index (χ2n) is 6.00. The van der Waals surface area contributed by atoms with Gasteiger partial charge in [0.1, 0.15) is 10.4 Å². The molecule has 108 valence electrons. The average molecular weight is 338 g/mol. The summed E-state index contributed by atoms with van der Waals surface area (Å²) in [6.45, 7) is 6.48. The normalized spacial score (nSPS) is 11.8. The number of amides is 1. The summed E-state index contributed by atoms with van der Waals surface area (Å²) >= 11 is 3.47. The number of imidazole rings is 1. The SMILES string of the molecule is CN(CCc1nc(Br)c2ccccn12)C(=O)C(C)(C)C. The Morgan fingerprint density at radius 2 is 2.10 bits per heavy atom. The van der Waals surface area contributed by atoms with Crippen molar-refractivity contribution in [3.8, 4) is 0 Å². The smallest absolute Gasteiger partial charge is 0.227 e. The fraction of sp³-hybridized carbons (Fsp3) is 0.467. The second kappa shape index (κ2) is 5.56. The minimum absolute atomic E-state index is 0.150. The van der Waals surface area contributed by atoms with Crippen LogP contribution in [0.5, 0.6) is 0 Å². The van der Waals surface area contributed by atoms with E-state index in [1.165, 1.54) is 0 Å². The lowest BCUT2D eigenvalue weighted by molar-refractivity contribution is -0.138. The number of aromatic nitrogens is 2. The zero-order valence-corrected chi connectivity index (χ0v) is 13.9. The summed E-state index contributed by atoms with van der Waals surface area (Å²) in [5.41, 5.74) is 0.705. The minimum atomic E-state index is -0.343. The van der Waals surface area contributed by atoms with Crippen LogP contribution in [0.3, 0.4) is 0 Å². The summed E-state index contributed by atoms with van der Waals surface area (Å²) in [7, 11) is 1.85. The van der Waals surface area contributed by atoms with Crippen molar-refractivity contribution in [3.05, 3.63) is 34.8 Å². The number of carbonyl (C=O) groups excluding carboxylic acids is 1. The standard InChI is InChI=1S/C15H20BrN3O/c1-15(2,3)14(20)18(4)10-8-12-17-13(16)11-7-5-6-9-19(11)12/h5-7,9H,8,10H2,1-4H3. The van der Waals surface area contributed by atoms with Gasteiger partial charge in [-0.2, -0.15) is 0 Å². The van der Waals surface area contributed by atoms with E-state index in [0.29, 0.717) is 6.54 Å². The molecule has 0 aliphatic heterocycles. The lowest BCUT2D eigenvalue weighted by atomic mass is 9.95. The monoisotopic (exact) mass is 337 g/mol. The summed E-state index contributed by atoms with van der Waals surface area (Å²) in [5, 5.41) is 0. The summed E-state index contributed by atoms with van der Waals surface area (Å²) in [6, 6.07) is 5.99. The number of hydrogen-bond donors (Lipinski definition) is 0. The van der Waals surface area contributed by atoms with Crippen LogP contribution in [0.2, 0.25) is 0 Å². The Bertz CT molecular complexity index is 628. The molecule has 2 aromatic heterocycles. The fourth-order valence-electron chi connectivity index (χ4n) is 2.18. The van der Waals surface area contributed by atoms with Gasteiger partial charge in [-0.05, 0) is 28.1 Å². The molecule has 0 aliphatic carbocycles. The van der Waals surface area contributed by atoms with Crippen molar-refractivity contribution in [2.45, 2.75) is 27.2 Å². The van der Waals surface area contributed by atoms with Crippen molar-refractivity contribution in [3.63, 3.8) is 0 Å². The van der Waals surface area contributed by atoms with Gasteiger partial charge in [-0.1, -0.05) is 26.8 Å². The molecule has 0 saturated carbocycles. The number of likely N-dealkylation sites (N-methyl/N-ethyl adjacent to an activating group) is 1. The molecule has 0 N–H and O–H groups in total. The van der Waals surface area contributed by atoms with Crippen molar-refractivity contribution >= 4 is 27.4 Å². The quantitative estimate of drug-likeness (QED) is 0.862. The van der Waals surface area contributed by atoms with E-state index in [-0.39, 0.29) is 11.3 Å². The van der Waals surface area contributed by atoms with E-state index in [1.54, 1.807) is 4.90 Å². The molecule has 2 heterocycles. The molecule has 20 heavy (non-hydrogen) atoms. The van der Waals surface area contributed by atoms with Crippen LogP contribution in [0.25, 0.3) is 5.52 Å². The van der Waals surface area contributed by atoms with Gasteiger partial charge in [-0.3, -0.25) is 4.79 Å². The van der Waals surface area contributed by atoms with Crippen LogP contribution in [0.4, 0.5) is 0 Å². The number of nitrogens with zero attached hydrogens (tertiary/aromatic N) is 3. The summed E-state index contributed by atoms with van der Waals surface area (Å²) in [6.07, 6.45) is 2.73. The van der Waals surface area contributed by atoms with E-state index in [2.05, 4.69) is 25.3 Å². The Balaban J connectivity index is 2.12. The van der Waals surface area contributed by atoms with Gasteiger partial charge in [-0.25, -0.2) is 4.98 Å². The van der Waals surface area contributed by atoms with Gasteiger partial charge in [0.25, 0.3) is 0 Å². The second-order valence-corrected chi connectivity index (χ2v) is 6.75. The highest BCUT2D eigenvalue weighted by Gasteiger charge is 2.24. The van der Waals surface area contributed by atoms with Crippen LogP contribution in [-0.4, -0.2) is 33.8 Å². The molecule has 0 aromatic carbocycles. The van der Waals surface area contributed by atoms with Crippen LogP contribution in [0.1, 0.15) is 26.6 Å². The molecular weight excluding hydrogens is 318 g/mol. The molecule has 2 rings (SSSR count). The predicted octanol–water partition coefficient (Wildman–Crippen LogP) is 3.14. The molecule has 1 amide bonds. The van der Waals surface area contributed by atoms with Gasteiger partial charge < -0.3 is 9.30 Å². The third-order valence-corrected chi connectivity index (χ3v) is 3.82. The van der Waals surface area contributed by atoms with Crippen LogP contribution in [0.15, 0.2) is 29.0 Å². The Labute approximate surface area is 127 Å². The van der Waals surface area contributed by atoms with Crippen LogP contribution in [-0.2, 0) is 11.2 Å². The van der Waals surface area contributed by atoms with Gasteiger partial charge in [0.2, 0.25) is 5.91 Å². The molecule has 4 nitrogen and oxygen atoms in total. The van der Waals surface area contributed by atoms with E-state index in [9.17, 15) is 4.79 Å². The number of halogens is 1. The largest absolute Gasteiger partial charge is 0.345 e. The van der Waals surface area contributed by atoms with Gasteiger partial charge in [-0.15, -0.1) is 0 Å². The maximum Gasteiger partial charge on any atom is 0.227 e. The Kier molecular flexibility index (Phi) is 4.18. The third-order valence-electron chi connectivity index (χ3n) is 3.24. The van der Waals surface area contributed by atoms with Crippen molar-refractivity contribution in [1.29, 1.82) is 0 Å². The summed E-state index contributed by atoms with van der Waals surface area (Å²) in [5.74, 6) is 1.11. The predicted molar refractivity (Wildman–Crippen MR) is 83.7 cm³/mol. The molecule has 0 atom stereocenters. The highest BCUT2D eigenvalue weighted by molar-refractivity contribution is 9.10. The zero-order chi connectivity index (χ0) is 14.9. The Hall–Kier alpha value is -1.36. The van der Waals surface area contributed by atoms with Gasteiger partial charge in [0.05, 0.1) is 5.52 Å². The lowest BCUT2D eigenvalue weighted by Crippen LogP contribution is -2.37. The van der Waals surface area contributed by atoms with Crippen molar-refractivity contribution in [2.24, 2.45) is 5.41 Å². The topological polar surface area (TPSA) is 37.6 Å². The first-order valence-corrected chi connectivity index (χ1v) is 7.47. The molecule has 0 spiro atoms. The van der Waals surface area contributed by atoms with E-state index >= 15 is 0 Å². The molecule has 0 bridgehead atoms. The van der Waals surface area contributed by atoms with E-state index in [1.807, 2.05) is 52.2 Å². The number of fused-ring (bicyclic) bond motifs is 1. The summed E-state index contributed by atoms with van der Waals surface area (Å²) < 4.78 is 2.90. The Morgan fingerprint density at radius 3 is 2.75 bits per heavy atom. The van der Waals surface area contributed by atoms with E-state index in [0.717, 1.165) is 22.4 Å². The summed E-state index contributed by atoms with van der Waals surface area (Å²) in [4.78, 5) is 18.4. The zero-order valence-electron chi connectivity index (χ0n) is 12.4. The van der Waals surface area contributed by atoms with Gasteiger partial charge in [0.15, 0.2) is 0 Å². The molecule has 0 radical (unpaired) electrons. The van der Waals surface area contributed by atoms with E-state index < -0.39 is 0 Å². The molecule has 0 unspecified atom stereocenters. The minimum Gasteiger partial charge on any atom is -0.345 e. The maximum absolute atomic E-state index is 12.1. The molecule has 2 aromatic rings. The van der Waals surface area contributed by atoms with Crippen molar-refractivity contribution < 1.29 is 4.79 Å². The number of hydrogen-bond acceptors (Lipinski definition) is 2. The van der Waals surface area contributed by atoms with Crippen LogP contribution < -0.4 is 0 Å². The van der Waals surface area contributed by atoms with Crippen LogP contribution >= 0.6 is 15.9 Å². The number of rotatable bonds is 3. The number of carbonyl (C=O) groups is 1. The molecule has 5 heteroatoms.